The minimum atomic E-state index is -0.376. The molecule has 0 saturated carbocycles. The highest BCUT2D eigenvalue weighted by molar-refractivity contribution is 5.70. The van der Waals surface area contributed by atoms with E-state index in [0.29, 0.717) is 6.61 Å². The molecule has 0 amide bonds. The number of nitrogens with two attached hydrogens (primary N) is 1. The third-order valence-electron chi connectivity index (χ3n) is 2.37. The molecule has 2 N–H and O–H groups in total. The lowest BCUT2D eigenvalue weighted by Crippen LogP contribution is -2.20. The molecule has 0 aromatic heterocycles. The molecule has 1 aromatic carbocycles. The summed E-state index contributed by atoms with van der Waals surface area (Å²) in [5.74, 6) is 0.401. The number of methoxy groups -OCH3 is 1. The monoisotopic (exact) mass is 253 g/mol. The van der Waals surface area contributed by atoms with Gasteiger partial charge in [0.15, 0.2) is 0 Å². The van der Waals surface area contributed by atoms with Gasteiger partial charge >= 0.3 is 5.97 Å². The smallest absolute Gasteiger partial charge is 0.332 e. The molecule has 0 spiro atoms. The van der Waals surface area contributed by atoms with Crippen LogP contribution in [-0.4, -0.2) is 32.9 Å². The van der Waals surface area contributed by atoms with Crippen LogP contribution in [0.15, 0.2) is 24.3 Å². The number of ether oxygens (including phenoxy) is 3. The Hall–Kier alpha value is -1.59. The van der Waals surface area contributed by atoms with Crippen LogP contribution in [0.1, 0.15) is 18.5 Å². The highest BCUT2D eigenvalue weighted by Crippen LogP contribution is 2.16. The van der Waals surface area contributed by atoms with Gasteiger partial charge in [0, 0.05) is 0 Å². The molecule has 5 heteroatoms. The van der Waals surface area contributed by atoms with Crippen molar-refractivity contribution in [1.29, 1.82) is 0 Å². The zero-order chi connectivity index (χ0) is 13.4. The number of carbonyl (C=O) groups is 1. The molecule has 0 fully saturated rings. The Bertz CT molecular complexity index is 364. The van der Waals surface area contributed by atoms with Gasteiger partial charge in [0.05, 0.1) is 26.4 Å². The molecule has 1 atom stereocenters. The van der Waals surface area contributed by atoms with Crippen molar-refractivity contribution in [3.63, 3.8) is 0 Å². The SMILES string of the molecule is CCOC(=O)COCC(N)c1ccc(OC)cc1. The van der Waals surface area contributed by atoms with Gasteiger partial charge in [-0.2, -0.15) is 0 Å². The normalized spacial score (nSPS) is 11.9. The molecule has 0 aliphatic carbocycles. The predicted octanol–water partition coefficient (Wildman–Crippen LogP) is 1.27. The van der Waals surface area contributed by atoms with Crippen LogP contribution >= 0.6 is 0 Å². The van der Waals surface area contributed by atoms with Crippen molar-refractivity contribution < 1.29 is 19.0 Å². The molecule has 0 aliphatic heterocycles. The Labute approximate surface area is 107 Å². The first-order chi connectivity index (χ1) is 8.67. The highest BCUT2D eigenvalue weighted by atomic mass is 16.6. The van der Waals surface area contributed by atoms with Gasteiger partial charge in [-0.1, -0.05) is 12.1 Å². The van der Waals surface area contributed by atoms with E-state index in [4.69, 9.17) is 19.9 Å². The molecular weight excluding hydrogens is 234 g/mol. The first-order valence-electron chi connectivity index (χ1n) is 5.80. The van der Waals surface area contributed by atoms with E-state index in [0.717, 1.165) is 11.3 Å². The summed E-state index contributed by atoms with van der Waals surface area (Å²) >= 11 is 0. The van der Waals surface area contributed by atoms with E-state index < -0.39 is 0 Å². The quantitative estimate of drug-likeness (QED) is 0.741. The maximum Gasteiger partial charge on any atom is 0.332 e. The molecular formula is C13H19NO4. The maximum absolute atomic E-state index is 11.0. The van der Waals surface area contributed by atoms with Crippen LogP contribution in [0.2, 0.25) is 0 Å². The molecule has 0 heterocycles. The van der Waals surface area contributed by atoms with Gasteiger partial charge < -0.3 is 19.9 Å². The van der Waals surface area contributed by atoms with Crippen LogP contribution < -0.4 is 10.5 Å². The molecule has 0 radical (unpaired) electrons. The average molecular weight is 253 g/mol. The van der Waals surface area contributed by atoms with Crippen molar-refractivity contribution >= 4 is 5.97 Å². The summed E-state index contributed by atoms with van der Waals surface area (Å²) in [6.07, 6.45) is 0. The van der Waals surface area contributed by atoms with Gasteiger partial charge in [-0.05, 0) is 24.6 Å². The van der Waals surface area contributed by atoms with E-state index in [9.17, 15) is 4.79 Å². The fourth-order valence-corrected chi connectivity index (χ4v) is 1.42. The summed E-state index contributed by atoms with van der Waals surface area (Å²) < 4.78 is 15.0. The molecule has 1 aromatic rings. The molecule has 0 aliphatic rings. The Morgan fingerprint density at radius 2 is 2.00 bits per heavy atom. The minimum absolute atomic E-state index is 0.0717. The maximum atomic E-state index is 11.0. The average Bonchev–Trinajstić information content (AvgIpc) is 2.39. The first-order valence-corrected chi connectivity index (χ1v) is 5.80. The summed E-state index contributed by atoms with van der Waals surface area (Å²) in [5.41, 5.74) is 6.86. The summed E-state index contributed by atoms with van der Waals surface area (Å²) in [5, 5.41) is 0. The molecule has 0 bridgehead atoms. The second-order valence-electron chi connectivity index (χ2n) is 3.70. The predicted molar refractivity (Wildman–Crippen MR) is 67.4 cm³/mol. The summed E-state index contributed by atoms with van der Waals surface area (Å²) in [7, 11) is 1.61. The fourth-order valence-electron chi connectivity index (χ4n) is 1.42. The first kappa shape index (κ1) is 14.5. The molecule has 18 heavy (non-hydrogen) atoms. The Kier molecular flexibility index (Phi) is 6.18. The second kappa shape index (κ2) is 7.68. The Morgan fingerprint density at radius 1 is 1.33 bits per heavy atom. The lowest BCUT2D eigenvalue weighted by Gasteiger charge is -2.12. The van der Waals surface area contributed by atoms with Gasteiger partial charge in [-0.3, -0.25) is 0 Å². The van der Waals surface area contributed by atoms with E-state index in [2.05, 4.69) is 0 Å². The lowest BCUT2D eigenvalue weighted by atomic mass is 10.1. The highest BCUT2D eigenvalue weighted by Gasteiger charge is 2.08. The van der Waals surface area contributed by atoms with Crippen LogP contribution in [0.25, 0.3) is 0 Å². The summed E-state index contributed by atoms with van der Waals surface area (Å²) in [4.78, 5) is 11.0. The third kappa shape index (κ3) is 4.73. The number of hydrogen-bond donors (Lipinski definition) is 1. The van der Waals surface area contributed by atoms with Crippen LogP contribution in [0.3, 0.4) is 0 Å². The van der Waals surface area contributed by atoms with E-state index in [1.807, 2.05) is 24.3 Å². The number of esters is 1. The van der Waals surface area contributed by atoms with Crippen molar-refractivity contribution in [2.24, 2.45) is 5.73 Å². The zero-order valence-corrected chi connectivity index (χ0v) is 10.7. The van der Waals surface area contributed by atoms with Gasteiger partial charge in [-0.25, -0.2) is 4.79 Å². The van der Waals surface area contributed by atoms with E-state index >= 15 is 0 Å². The van der Waals surface area contributed by atoms with Gasteiger partial charge in [0.25, 0.3) is 0 Å². The molecule has 1 unspecified atom stereocenters. The van der Waals surface area contributed by atoms with Crippen LogP contribution in [0.4, 0.5) is 0 Å². The van der Waals surface area contributed by atoms with Gasteiger partial charge in [0.1, 0.15) is 12.4 Å². The Balaban J connectivity index is 2.35. The molecule has 1 rings (SSSR count). The number of benzene rings is 1. The number of rotatable bonds is 7. The fraction of sp³-hybridized carbons (Fsp3) is 0.462. The molecule has 100 valence electrons. The minimum Gasteiger partial charge on any atom is -0.497 e. The van der Waals surface area contributed by atoms with E-state index in [-0.39, 0.29) is 25.2 Å². The molecule has 5 nitrogen and oxygen atoms in total. The largest absolute Gasteiger partial charge is 0.497 e. The third-order valence-corrected chi connectivity index (χ3v) is 2.37. The van der Waals surface area contributed by atoms with E-state index in [1.165, 1.54) is 0 Å². The van der Waals surface area contributed by atoms with Crippen molar-refractivity contribution in [3.05, 3.63) is 29.8 Å². The van der Waals surface area contributed by atoms with Crippen molar-refractivity contribution in [2.45, 2.75) is 13.0 Å². The molecule has 0 saturated heterocycles. The van der Waals surface area contributed by atoms with Gasteiger partial charge in [-0.15, -0.1) is 0 Å². The Morgan fingerprint density at radius 3 is 2.56 bits per heavy atom. The second-order valence-corrected chi connectivity index (χ2v) is 3.70. The van der Waals surface area contributed by atoms with Crippen molar-refractivity contribution in [1.82, 2.24) is 0 Å². The number of carbonyl (C=O) groups excluding carboxylic acids is 1. The topological polar surface area (TPSA) is 70.8 Å². The summed E-state index contributed by atoms with van der Waals surface area (Å²) in [6, 6.07) is 7.14. The van der Waals surface area contributed by atoms with E-state index in [1.54, 1.807) is 14.0 Å². The lowest BCUT2D eigenvalue weighted by molar-refractivity contribution is -0.148. The number of hydrogen-bond acceptors (Lipinski definition) is 5. The van der Waals surface area contributed by atoms with Gasteiger partial charge in [0.2, 0.25) is 0 Å². The van der Waals surface area contributed by atoms with Crippen molar-refractivity contribution in [3.8, 4) is 5.75 Å². The van der Waals surface area contributed by atoms with Crippen molar-refractivity contribution in [2.75, 3.05) is 26.9 Å². The van der Waals surface area contributed by atoms with Crippen LogP contribution in [-0.2, 0) is 14.3 Å². The standard InChI is InChI=1S/C13H19NO4/c1-3-18-13(15)9-17-8-12(14)10-4-6-11(16-2)7-5-10/h4-7,12H,3,8-9,14H2,1-2H3. The van der Waals surface area contributed by atoms with Crippen LogP contribution in [0.5, 0.6) is 5.75 Å². The van der Waals surface area contributed by atoms with Crippen LogP contribution in [0, 0.1) is 0 Å². The summed E-state index contributed by atoms with van der Waals surface area (Å²) in [6.45, 7) is 2.30. The zero-order valence-electron chi connectivity index (χ0n) is 10.7.